The summed E-state index contributed by atoms with van der Waals surface area (Å²) < 4.78 is 52.4. The van der Waals surface area contributed by atoms with Crippen molar-refractivity contribution < 1.29 is 17.6 Å². The molecule has 3 rings (SSSR count). The SMILES string of the molecule is FCC1CCCN(c2nccn3cc(C(F)(F)F)nc23)C1. The molecule has 0 spiro atoms. The minimum absolute atomic E-state index is 0.0992. The van der Waals surface area contributed by atoms with Gasteiger partial charge in [-0.2, -0.15) is 13.2 Å². The number of piperidine rings is 1. The molecule has 0 aromatic carbocycles. The van der Waals surface area contributed by atoms with Crippen LogP contribution >= 0.6 is 0 Å². The van der Waals surface area contributed by atoms with Gasteiger partial charge in [-0.05, 0) is 12.8 Å². The number of fused-ring (bicyclic) bond motifs is 1. The van der Waals surface area contributed by atoms with E-state index in [1.54, 1.807) is 0 Å². The van der Waals surface area contributed by atoms with Gasteiger partial charge in [-0.15, -0.1) is 0 Å². The number of imidazole rings is 1. The Morgan fingerprint density at radius 1 is 1.33 bits per heavy atom. The number of hydrogen-bond acceptors (Lipinski definition) is 3. The van der Waals surface area contributed by atoms with Crippen LogP contribution in [-0.4, -0.2) is 34.1 Å². The average molecular weight is 302 g/mol. The lowest BCUT2D eigenvalue weighted by Crippen LogP contribution is -2.37. The highest BCUT2D eigenvalue weighted by atomic mass is 19.4. The van der Waals surface area contributed by atoms with Gasteiger partial charge >= 0.3 is 6.18 Å². The summed E-state index contributed by atoms with van der Waals surface area (Å²) in [6, 6.07) is 0. The summed E-state index contributed by atoms with van der Waals surface area (Å²) in [5.74, 6) is 0.281. The third-order valence-electron chi connectivity index (χ3n) is 3.68. The number of nitrogens with zero attached hydrogens (tertiary/aromatic N) is 4. The molecule has 8 heteroatoms. The molecule has 0 bridgehead atoms. The molecule has 1 saturated heterocycles. The zero-order valence-corrected chi connectivity index (χ0v) is 11.1. The molecule has 2 aromatic rings. The smallest absolute Gasteiger partial charge is 0.353 e. The fourth-order valence-electron chi connectivity index (χ4n) is 2.65. The van der Waals surface area contributed by atoms with Gasteiger partial charge in [-0.25, -0.2) is 9.97 Å². The van der Waals surface area contributed by atoms with Gasteiger partial charge in [0, 0.05) is 37.6 Å². The molecule has 1 aliphatic heterocycles. The lowest BCUT2D eigenvalue weighted by Gasteiger charge is -2.32. The number of rotatable bonds is 2. The van der Waals surface area contributed by atoms with E-state index in [4.69, 9.17) is 0 Å². The van der Waals surface area contributed by atoms with E-state index < -0.39 is 18.5 Å². The van der Waals surface area contributed by atoms with Crippen LogP contribution in [0.3, 0.4) is 0 Å². The molecule has 0 saturated carbocycles. The molecule has 114 valence electrons. The van der Waals surface area contributed by atoms with E-state index in [0.717, 1.165) is 19.0 Å². The van der Waals surface area contributed by atoms with Gasteiger partial charge in [0.25, 0.3) is 0 Å². The monoisotopic (exact) mass is 302 g/mol. The van der Waals surface area contributed by atoms with Crippen molar-refractivity contribution in [1.29, 1.82) is 0 Å². The van der Waals surface area contributed by atoms with Crippen LogP contribution in [0, 0.1) is 5.92 Å². The normalized spacial score (nSPS) is 20.2. The van der Waals surface area contributed by atoms with Crippen LogP contribution in [0.25, 0.3) is 5.65 Å². The van der Waals surface area contributed by atoms with Crippen molar-refractivity contribution in [3.63, 3.8) is 0 Å². The molecule has 0 N–H and O–H groups in total. The quantitative estimate of drug-likeness (QED) is 0.800. The van der Waals surface area contributed by atoms with Crippen molar-refractivity contribution in [3.05, 3.63) is 24.3 Å². The summed E-state index contributed by atoms with van der Waals surface area (Å²) in [7, 11) is 0. The van der Waals surface area contributed by atoms with E-state index in [1.807, 2.05) is 4.90 Å². The predicted molar refractivity (Wildman–Crippen MR) is 68.9 cm³/mol. The molecule has 1 atom stereocenters. The van der Waals surface area contributed by atoms with Crippen LogP contribution in [0.4, 0.5) is 23.4 Å². The molecule has 2 aromatic heterocycles. The summed E-state index contributed by atoms with van der Waals surface area (Å²) in [5.41, 5.74) is -0.792. The summed E-state index contributed by atoms with van der Waals surface area (Å²) in [4.78, 5) is 9.61. The second-order valence-electron chi connectivity index (χ2n) is 5.21. The highest BCUT2D eigenvalue weighted by Crippen LogP contribution is 2.31. The fourth-order valence-corrected chi connectivity index (χ4v) is 2.65. The Morgan fingerprint density at radius 2 is 2.14 bits per heavy atom. The number of anilines is 1. The average Bonchev–Trinajstić information content (AvgIpc) is 2.91. The van der Waals surface area contributed by atoms with E-state index in [-0.39, 0.29) is 11.6 Å². The van der Waals surface area contributed by atoms with Gasteiger partial charge in [0.15, 0.2) is 17.2 Å². The molecular weight excluding hydrogens is 288 g/mol. The predicted octanol–water partition coefficient (Wildman–Crippen LogP) is 2.93. The van der Waals surface area contributed by atoms with Crippen LogP contribution in [-0.2, 0) is 6.18 Å². The van der Waals surface area contributed by atoms with Crippen molar-refractivity contribution in [2.75, 3.05) is 24.7 Å². The zero-order valence-electron chi connectivity index (χ0n) is 11.1. The van der Waals surface area contributed by atoms with E-state index >= 15 is 0 Å². The second-order valence-corrected chi connectivity index (χ2v) is 5.21. The highest BCUT2D eigenvalue weighted by Gasteiger charge is 2.34. The summed E-state index contributed by atoms with van der Waals surface area (Å²) in [5, 5.41) is 0. The second kappa shape index (κ2) is 5.16. The van der Waals surface area contributed by atoms with Crippen molar-refractivity contribution in [2.24, 2.45) is 5.92 Å². The number of halogens is 4. The Bertz CT molecular complexity index is 637. The lowest BCUT2D eigenvalue weighted by atomic mass is 10.00. The maximum Gasteiger partial charge on any atom is 0.434 e. The topological polar surface area (TPSA) is 33.4 Å². The van der Waals surface area contributed by atoms with Crippen molar-refractivity contribution in [2.45, 2.75) is 19.0 Å². The zero-order chi connectivity index (χ0) is 15.0. The van der Waals surface area contributed by atoms with Crippen molar-refractivity contribution in [1.82, 2.24) is 14.4 Å². The molecule has 0 amide bonds. The molecule has 21 heavy (non-hydrogen) atoms. The first kappa shape index (κ1) is 14.1. The Labute approximate surface area is 118 Å². The summed E-state index contributed by atoms with van der Waals surface area (Å²) in [6.07, 6.45) is 0.896. The molecule has 3 heterocycles. The molecule has 0 radical (unpaired) electrons. The van der Waals surface area contributed by atoms with Crippen LogP contribution in [0.2, 0.25) is 0 Å². The standard InChI is InChI=1S/C13H14F4N4/c14-6-9-2-1-4-20(7-9)11-12-19-10(13(15,16)17)8-21(12)5-3-18-11/h3,5,8-9H,1-2,4,6-7H2. The first-order valence-corrected chi connectivity index (χ1v) is 6.71. The largest absolute Gasteiger partial charge is 0.434 e. The fraction of sp³-hybridized carbons (Fsp3) is 0.538. The Balaban J connectivity index is 2.00. The minimum atomic E-state index is -4.49. The number of alkyl halides is 4. The third-order valence-corrected chi connectivity index (χ3v) is 3.68. The van der Waals surface area contributed by atoms with Gasteiger partial charge in [0.2, 0.25) is 0 Å². The first-order valence-electron chi connectivity index (χ1n) is 6.71. The van der Waals surface area contributed by atoms with Gasteiger partial charge in [-0.3, -0.25) is 4.39 Å². The first-order chi connectivity index (χ1) is 9.99. The van der Waals surface area contributed by atoms with E-state index in [9.17, 15) is 17.6 Å². The number of aromatic nitrogens is 3. The van der Waals surface area contributed by atoms with E-state index in [2.05, 4.69) is 9.97 Å². The van der Waals surface area contributed by atoms with Gasteiger partial charge < -0.3 is 9.30 Å². The Kier molecular flexibility index (Phi) is 3.46. The van der Waals surface area contributed by atoms with Crippen molar-refractivity contribution in [3.8, 4) is 0 Å². The lowest BCUT2D eigenvalue weighted by molar-refractivity contribution is -0.140. The van der Waals surface area contributed by atoms with Gasteiger partial charge in [0.1, 0.15) is 0 Å². The highest BCUT2D eigenvalue weighted by molar-refractivity contribution is 5.64. The summed E-state index contributed by atoms with van der Waals surface area (Å²) >= 11 is 0. The molecule has 1 aliphatic rings. The Hall–Kier alpha value is -1.86. The maximum atomic E-state index is 12.8. The van der Waals surface area contributed by atoms with E-state index in [0.29, 0.717) is 18.9 Å². The van der Waals surface area contributed by atoms with E-state index in [1.165, 1.54) is 16.8 Å². The van der Waals surface area contributed by atoms with Crippen LogP contribution in [0.5, 0.6) is 0 Å². The van der Waals surface area contributed by atoms with Gasteiger partial charge in [-0.1, -0.05) is 0 Å². The van der Waals surface area contributed by atoms with Crippen LogP contribution in [0.1, 0.15) is 18.5 Å². The summed E-state index contributed by atoms with van der Waals surface area (Å²) in [6.45, 7) is 0.677. The molecule has 1 fully saturated rings. The molecular formula is C13H14F4N4. The van der Waals surface area contributed by atoms with Crippen molar-refractivity contribution >= 4 is 11.5 Å². The maximum absolute atomic E-state index is 12.8. The molecule has 0 aliphatic carbocycles. The Morgan fingerprint density at radius 3 is 2.86 bits per heavy atom. The molecule has 1 unspecified atom stereocenters. The minimum Gasteiger partial charge on any atom is -0.353 e. The van der Waals surface area contributed by atoms with Crippen LogP contribution in [0.15, 0.2) is 18.6 Å². The third kappa shape index (κ3) is 2.66. The van der Waals surface area contributed by atoms with Crippen LogP contribution < -0.4 is 4.90 Å². The number of hydrogen-bond donors (Lipinski definition) is 0. The molecule has 4 nitrogen and oxygen atoms in total. The van der Waals surface area contributed by atoms with Gasteiger partial charge in [0.05, 0.1) is 6.67 Å².